The number of carbonyl (C=O) groups excluding carboxylic acids is 9. The molecule has 7 amide bonds. The second-order valence-electron chi connectivity index (χ2n) is 22.0. The third-order valence-electron chi connectivity index (χ3n) is 16.7. The SMILES string of the molecule is CC[C@@]1(O)C(=O)OCc2c1cc1n(c2=O)Cc2c-1nc1cc(F)c(C)c3c1c2[C@@H](CC(=O)C1CCC(OCNC(=O)CNC(=O)[C@H](Cc2ccccc2)NC(=O)CNC(=O)CNC(=O)CCCCCN2C(=O)CC(C)C2=O)CC1)CC3. The summed E-state index contributed by atoms with van der Waals surface area (Å²) in [4.78, 5) is 135. The molecule has 21 nitrogen and oxygen atoms in total. The molecular formula is C59H69FN8O13. The summed E-state index contributed by atoms with van der Waals surface area (Å²) in [5.74, 6) is -5.16. The van der Waals surface area contributed by atoms with Crippen LogP contribution < -0.4 is 32.1 Å². The van der Waals surface area contributed by atoms with E-state index in [0.717, 1.165) is 27.6 Å². The number of hydrogen-bond donors (Lipinski definition) is 6. The minimum Gasteiger partial charge on any atom is -0.458 e. The number of nitrogens with zero attached hydrogens (tertiary/aromatic N) is 3. The molecule has 0 radical (unpaired) electrons. The van der Waals surface area contributed by atoms with Crippen LogP contribution in [0.2, 0.25) is 0 Å². The number of halogens is 1. The quantitative estimate of drug-likeness (QED) is 0.0237. The molecule has 4 atom stereocenters. The summed E-state index contributed by atoms with van der Waals surface area (Å²) >= 11 is 0. The standard InChI is InChI=1S/C59H69FN8O13/c1-4-59(79)41-24-45-54-39(29-68(45)57(77)40(41)30-80-58(59)78)52-36(16-19-38-33(3)42(60)25-43(66-54)53(38)52)23-46(69)35-14-17-37(18-15-35)81-31-64-49(72)27-63-55(75)44(22-34-11-7-5-8-12-34)65-50(73)28-62-48(71)26-61-47(70)13-9-6-10-20-67-51(74)21-32(2)56(67)76/h5,7-8,11-12,24-25,32,35-37,44,79H,4,6,9-10,13-23,26-31H2,1-3H3,(H,61,70)(H,62,71)(H,63,75)(H,64,72)(H,65,73)/t32?,35?,36-,37?,44+,59+/m1/s1. The Morgan fingerprint density at radius 2 is 1.58 bits per heavy atom. The fraction of sp³-hybridized carbons (Fsp3) is 0.508. The number of aromatic nitrogens is 2. The predicted molar refractivity (Wildman–Crippen MR) is 290 cm³/mol. The van der Waals surface area contributed by atoms with Crippen molar-refractivity contribution in [1.82, 2.24) is 41.0 Å². The second kappa shape index (κ2) is 25.0. The van der Waals surface area contributed by atoms with Crippen LogP contribution >= 0.6 is 0 Å². The number of Topliss-reactive ketones (excluding diaryl/α,β-unsaturated/α-hetero) is 1. The summed E-state index contributed by atoms with van der Waals surface area (Å²) in [6.45, 7) is 3.85. The normalized spacial score (nSPS) is 21.1. The lowest BCUT2D eigenvalue weighted by Gasteiger charge is -2.32. The zero-order valence-electron chi connectivity index (χ0n) is 45.8. The van der Waals surface area contributed by atoms with Crippen LogP contribution in [0, 0.1) is 24.6 Å². The predicted octanol–water partition coefficient (Wildman–Crippen LogP) is 3.20. The van der Waals surface area contributed by atoms with Crippen molar-refractivity contribution in [1.29, 1.82) is 0 Å². The van der Waals surface area contributed by atoms with E-state index in [1.54, 1.807) is 61.7 Å². The molecule has 2 aromatic carbocycles. The van der Waals surface area contributed by atoms with Crippen LogP contribution in [0.5, 0.6) is 0 Å². The number of ether oxygens (including phenoxy) is 2. The number of carbonyl (C=O) groups is 9. The highest BCUT2D eigenvalue weighted by Gasteiger charge is 2.46. The van der Waals surface area contributed by atoms with E-state index >= 15 is 4.39 Å². The van der Waals surface area contributed by atoms with Gasteiger partial charge < -0.3 is 45.7 Å². The van der Waals surface area contributed by atoms with Crippen LogP contribution in [0.3, 0.4) is 0 Å². The van der Waals surface area contributed by atoms with Gasteiger partial charge in [-0.15, -0.1) is 0 Å². The average Bonchev–Trinajstić information content (AvgIpc) is 3.22. The van der Waals surface area contributed by atoms with Crippen molar-refractivity contribution in [2.24, 2.45) is 11.8 Å². The van der Waals surface area contributed by atoms with Gasteiger partial charge in [0.25, 0.3) is 5.56 Å². The minimum atomic E-state index is -2.01. The summed E-state index contributed by atoms with van der Waals surface area (Å²) in [6.07, 6.45) is 5.44. The Bertz CT molecular complexity index is 3250. The molecule has 2 fully saturated rings. The van der Waals surface area contributed by atoms with E-state index in [0.29, 0.717) is 86.8 Å². The Morgan fingerprint density at radius 3 is 2.31 bits per heavy atom. The highest BCUT2D eigenvalue weighted by atomic mass is 19.1. The molecule has 6 N–H and O–H groups in total. The lowest BCUT2D eigenvalue weighted by Crippen LogP contribution is -2.52. The molecule has 2 aromatic heterocycles. The van der Waals surface area contributed by atoms with Gasteiger partial charge in [-0.2, -0.15) is 0 Å². The fourth-order valence-corrected chi connectivity index (χ4v) is 12.0. The molecule has 9 rings (SSSR count). The lowest BCUT2D eigenvalue weighted by atomic mass is 9.74. The number of nitrogens with one attached hydrogen (secondary N) is 5. The van der Waals surface area contributed by atoms with Gasteiger partial charge in [-0.25, -0.2) is 14.2 Å². The highest BCUT2D eigenvalue weighted by molar-refractivity contribution is 6.03. The molecule has 430 valence electrons. The minimum absolute atomic E-state index is 0.0141. The van der Waals surface area contributed by atoms with E-state index < -0.39 is 65.7 Å². The Labute approximate surface area is 466 Å². The summed E-state index contributed by atoms with van der Waals surface area (Å²) in [5.41, 5.74) is 2.95. The van der Waals surface area contributed by atoms with Gasteiger partial charge in [-0.05, 0) is 98.9 Å². The van der Waals surface area contributed by atoms with Crippen LogP contribution in [0.4, 0.5) is 4.39 Å². The first-order valence-corrected chi connectivity index (χ1v) is 28.1. The molecule has 2 aliphatic carbocycles. The van der Waals surface area contributed by atoms with Crippen molar-refractivity contribution in [3.05, 3.63) is 97.6 Å². The number of likely N-dealkylation sites (tertiary alicyclic amines) is 1. The monoisotopic (exact) mass is 1120 g/mol. The molecule has 3 aliphatic heterocycles. The fourth-order valence-electron chi connectivity index (χ4n) is 12.0. The lowest BCUT2D eigenvalue weighted by molar-refractivity contribution is -0.172. The number of aryl methyl sites for hydroxylation is 1. The molecule has 22 heteroatoms. The van der Waals surface area contributed by atoms with Gasteiger partial charge in [-0.1, -0.05) is 50.6 Å². The number of esters is 1. The van der Waals surface area contributed by atoms with E-state index in [9.17, 15) is 53.1 Å². The largest absolute Gasteiger partial charge is 0.458 e. The summed E-state index contributed by atoms with van der Waals surface area (Å²) in [7, 11) is 0. The van der Waals surface area contributed by atoms with Gasteiger partial charge in [0, 0.05) is 66.6 Å². The first kappa shape index (κ1) is 58.0. The van der Waals surface area contributed by atoms with Crippen LogP contribution in [-0.2, 0) is 84.2 Å². The zero-order chi connectivity index (χ0) is 57.7. The number of pyridine rings is 2. The van der Waals surface area contributed by atoms with E-state index in [2.05, 4.69) is 26.6 Å². The first-order valence-electron chi connectivity index (χ1n) is 28.1. The van der Waals surface area contributed by atoms with E-state index in [1.165, 1.54) is 11.0 Å². The third-order valence-corrected chi connectivity index (χ3v) is 16.7. The number of aliphatic hydroxyl groups is 1. The van der Waals surface area contributed by atoms with Gasteiger partial charge in [-0.3, -0.25) is 48.1 Å². The van der Waals surface area contributed by atoms with Gasteiger partial charge >= 0.3 is 5.97 Å². The van der Waals surface area contributed by atoms with Crippen molar-refractivity contribution < 1.29 is 62.1 Å². The Morgan fingerprint density at radius 1 is 0.864 bits per heavy atom. The molecule has 0 spiro atoms. The topological polar surface area (TPSA) is 291 Å². The Kier molecular flexibility index (Phi) is 17.9. The molecule has 1 unspecified atom stereocenters. The molecule has 81 heavy (non-hydrogen) atoms. The van der Waals surface area contributed by atoms with Gasteiger partial charge in [0.15, 0.2) is 5.60 Å². The molecule has 1 saturated carbocycles. The molecule has 1 saturated heterocycles. The maximum atomic E-state index is 15.5. The Balaban J connectivity index is 0.718. The zero-order valence-corrected chi connectivity index (χ0v) is 45.8. The Hall–Kier alpha value is -7.72. The highest BCUT2D eigenvalue weighted by Crippen LogP contribution is 2.48. The number of cyclic esters (lactones) is 1. The van der Waals surface area contributed by atoms with Crippen molar-refractivity contribution in [3.63, 3.8) is 0 Å². The molecule has 0 bridgehead atoms. The van der Waals surface area contributed by atoms with Crippen LogP contribution in [-0.4, -0.2) is 118 Å². The average molecular weight is 1120 g/mol. The van der Waals surface area contributed by atoms with E-state index in [4.69, 9.17) is 14.5 Å². The number of hydrogen-bond acceptors (Lipinski definition) is 14. The first-order chi connectivity index (χ1) is 38.8. The number of imide groups is 1. The van der Waals surface area contributed by atoms with Crippen molar-refractivity contribution in [3.8, 4) is 11.4 Å². The number of amides is 7. The summed E-state index contributed by atoms with van der Waals surface area (Å²) in [6, 6.07) is 10.8. The third kappa shape index (κ3) is 12.6. The van der Waals surface area contributed by atoms with Crippen LogP contribution in [0.15, 0.2) is 47.3 Å². The van der Waals surface area contributed by atoms with Gasteiger partial charge in [0.05, 0.1) is 54.8 Å². The number of ketones is 1. The van der Waals surface area contributed by atoms with Gasteiger partial charge in [0.1, 0.15) is 31.0 Å². The number of benzene rings is 2. The van der Waals surface area contributed by atoms with E-state index in [-0.39, 0.29) is 117 Å². The maximum absolute atomic E-state index is 15.5. The second-order valence-corrected chi connectivity index (χ2v) is 22.0. The number of rotatable bonds is 23. The maximum Gasteiger partial charge on any atom is 0.343 e. The summed E-state index contributed by atoms with van der Waals surface area (Å²) < 4.78 is 28.3. The van der Waals surface area contributed by atoms with Gasteiger partial charge in [0.2, 0.25) is 41.4 Å². The molecule has 5 aliphatic rings. The molecule has 4 aromatic rings. The van der Waals surface area contributed by atoms with Crippen molar-refractivity contribution in [2.45, 2.75) is 147 Å². The summed E-state index contributed by atoms with van der Waals surface area (Å²) in [5, 5.41) is 25.0. The van der Waals surface area contributed by atoms with Crippen molar-refractivity contribution >= 4 is 64.0 Å². The molecule has 5 heterocycles. The number of fused-ring (bicyclic) bond motifs is 5. The van der Waals surface area contributed by atoms with Crippen molar-refractivity contribution in [2.75, 3.05) is 32.9 Å². The van der Waals surface area contributed by atoms with Crippen LogP contribution in [0.25, 0.3) is 22.3 Å². The number of unbranched alkanes of at least 4 members (excludes halogenated alkanes) is 2. The van der Waals surface area contributed by atoms with Crippen LogP contribution in [0.1, 0.15) is 136 Å². The molecular weight excluding hydrogens is 1050 g/mol. The van der Waals surface area contributed by atoms with E-state index in [1.807, 2.05) is 0 Å². The smallest absolute Gasteiger partial charge is 0.343 e.